The highest BCUT2D eigenvalue weighted by molar-refractivity contribution is 6.00. The largest absolute Gasteiger partial charge is 0.493 e. The number of hydrogen-bond acceptors (Lipinski definition) is 4. The van der Waals surface area contributed by atoms with E-state index in [1.807, 2.05) is 19.9 Å². The summed E-state index contributed by atoms with van der Waals surface area (Å²) in [6, 6.07) is 4.94. The van der Waals surface area contributed by atoms with E-state index in [-0.39, 0.29) is 17.7 Å². The van der Waals surface area contributed by atoms with E-state index in [9.17, 15) is 9.59 Å². The molecule has 0 bridgehead atoms. The number of rotatable bonds is 5. The van der Waals surface area contributed by atoms with E-state index < -0.39 is 6.04 Å². The van der Waals surface area contributed by atoms with Crippen LogP contribution in [-0.2, 0) is 9.59 Å². The lowest BCUT2D eigenvalue weighted by atomic mass is 10.1. The summed E-state index contributed by atoms with van der Waals surface area (Å²) < 4.78 is 10.5. The third kappa shape index (κ3) is 3.63. The second-order valence-electron chi connectivity index (χ2n) is 6.39. The van der Waals surface area contributed by atoms with Crippen molar-refractivity contribution >= 4 is 17.5 Å². The molecule has 132 valence electrons. The molecule has 0 aliphatic carbocycles. The van der Waals surface area contributed by atoms with Crippen molar-refractivity contribution < 1.29 is 19.1 Å². The van der Waals surface area contributed by atoms with Gasteiger partial charge in [-0.2, -0.15) is 0 Å². The van der Waals surface area contributed by atoms with Crippen molar-refractivity contribution in [2.75, 3.05) is 32.2 Å². The van der Waals surface area contributed by atoms with Crippen LogP contribution in [0.15, 0.2) is 18.2 Å². The number of benzene rings is 1. The van der Waals surface area contributed by atoms with E-state index in [4.69, 9.17) is 9.47 Å². The Morgan fingerprint density at radius 2 is 1.88 bits per heavy atom. The van der Waals surface area contributed by atoms with Gasteiger partial charge in [0.1, 0.15) is 6.04 Å². The molecule has 24 heavy (non-hydrogen) atoms. The van der Waals surface area contributed by atoms with Gasteiger partial charge in [-0.15, -0.1) is 0 Å². The zero-order valence-corrected chi connectivity index (χ0v) is 15.0. The maximum atomic E-state index is 12.7. The second-order valence-corrected chi connectivity index (χ2v) is 6.39. The van der Waals surface area contributed by atoms with Crippen molar-refractivity contribution in [1.29, 1.82) is 0 Å². The molecule has 0 N–H and O–H groups in total. The van der Waals surface area contributed by atoms with Gasteiger partial charge < -0.3 is 19.3 Å². The van der Waals surface area contributed by atoms with Crippen LogP contribution in [-0.4, -0.2) is 50.1 Å². The molecule has 1 aliphatic heterocycles. The monoisotopic (exact) mass is 334 g/mol. The number of ether oxygens (including phenoxy) is 2. The number of methoxy groups -OCH3 is 2. The van der Waals surface area contributed by atoms with Crippen molar-refractivity contribution in [3.8, 4) is 11.5 Å². The zero-order chi connectivity index (χ0) is 17.9. The molecule has 1 saturated heterocycles. The Balaban J connectivity index is 2.18. The Bertz CT molecular complexity index is 615. The summed E-state index contributed by atoms with van der Waals surface area (Å²) in [7, 11) is 3.14. The first-order valence-electron chi connectivity index (χ1n) is 8.22. The molecule has 2 amide bonds. The van der Waals surface area contributed by atoms with Gasteiger partial charge in [0.05, 0.1) is 14.2 Å². The maximum absolute atomic E-state index is 12.7. The fraction of sp³-hybridized carbons (Fsp3) is 0.556. The number of piperazine rings is 1. The molecule has 0 spiro atoms. The van der Waals surface area contributed by atoms with Gasteiger partial charge >= 0.3 is 0 Å². The summed E-state index contributed by atoms with van der Waals surface area (Å²) in [5.41, 5.74) is 0.750. The van der Waals surface area contributed by atoms with Crippen LogP contribution >= 0.6 is 0 Å². The van der Waals surface area contributed by atoms with E-state index in [0.29, 0.717) is 31.0 Å². The van der Waals surface area contributed by atoms with Gasteiger partial charge in [0.15, 0.2) is 11.5 Å². The fourth-order valence-corrected chi connectivity index (χ4v) is 2.93. The number of carbonyl (C=O) groups is 2. The summed E-state index contributed by atoms with van der Waals surface area (Å²) in [6.07, 6.45) is 0.466. The van der Waals surface area contributed by atoms with Crippen molar-refractivity contribution in [3.63, 3.8) is 0 Å². The molecule has 0 saturated carbocycles. The highest BCUT2D eigenvalue weighted by Gasteiger charge is 2.35. The predicted octanol–water partition coefficient (Wildman–Crippen LogP) is 2.31. The minimum atomic E-state index is -0.460. The standard InChI is InChI=1S/C18H26N2O4/c1-12(2)10-17(21)19-8-9-20(18(22)13(19)3)14-6-7-15(23-4)16(11-14)24-5/h6-7,11-13H,8-10H2,1-5H3/t13-/m0/s1. The van der Waals surface area contributed by atoms with Crippen LogP contribution in [0, 0.1) is 5.92 Å². The lowest BCUT2D eigenvalue weighted by Gasteiger charge is -2.39. The number of carbonyl (C=O) groups excluding carboxylic acids is 2. The first-order chi connectivity index (χ1) is 11.4. The molecular formula is C18H26N2O4. The molecule has 2 rings (SSSR count). The van der Waals surface area contributed by atoms with E-state index in [0.717, 1.165) is 5.69 Å². The van der Waals surface area contributed by atoms with Gasteiger partial charge in [0.2, 0.25) is 11.8 Å². The SMILES string of the molecule is COc1ccc(N2CCN(C(=O)CC(C)C)[C@@H](C)C2=O)cc1OC. The van der Waals surface area contributed by atoms with E-state index in [2.05, 4.69) is 0 Å². The van der Waals surface area contributed by atoms with Crippen molar-refractivity contribution in [2.24, 2.45) is 5.92 Å². The van der Waals surface area contributed by atoms with Crippen molar-refractivity contribution in [2.45, 2.75) is 33.2 Å². The van der Waals surface area contributed by atoms with Gasteiger partial charge in [-0.05, 0) is 25.0 Å². The molecule has 1 aromatic rings. The highest BCUT2D eigenvalue weighted by Crippen LogP contribution is 2.32. The fourth-order valence-electron chi connectivity index (χ4n) is 2.93. The minimum Gasteiger partial charge on any atom is -0.493 e. The molecule has 1 atom stereocenters. The topological polar surface area (TPSA) is 59.1 Å². The predicted molar refractivity (Wildman–Crippen MR) is 92.5 cm³/mol. The number of nitrogens with zero attached hydrogens (tertiary/aromatic N) is 2. The Morgan fingerprint density at radius 3 is 2.46 bits per heavy atom. The molecular weight excluding hydrogens is 308 g/mol. The van der Waals surface area contributed by atoms with E-state index in [1.165, 1.54) is 0 Å². The smallest absolute Gasteiger partial charge is 0.249 e. The summed E-state index contributed by atoms with van der Waals surface area (Å²) in [5, 5.41) is 0. The van der Waals surface area contributed by atoms with Gasteiger partial charge in [0.25, 0.3) is 0 Å². The molecule has 0 aromatic heterocycles. The van der Waals surface area contributed by atoms with Crippen LogP contribution in [0.5, 0.6) is 11.5 Å². The summed E-state index contributed by atoms with van der Waals surface area (Å²) in [4.78, 5) is 28.4. The van der Waals surface area contributed by atoms with Gasteiger partial charge in [-0.25, -0.2) is 0 Å². The first-order valence-corrected chi connectivity index (χ1v) is 8.22. The Hall–Kier alpha value is -2.24. The van der Waals surface area contributed by atoms with Gasteiger partial charge in [-0.3, -0.25) is 9.59 Å². The Morgan fingerprint density at radius 1 is 1.21 bits per heavy atom. The number of hydrogen-bond donors (Lipinski definition) is 0. The molecule has 1 aliphatic rings. The average Bonchev–Trinajstić information content (AvgIpc) is 2.55. The highest BCUT2D eigenvalue weighted by atomic mass is 16.5. The molecule has 1 fully saturated rings. The quantitative estimate of drug-likeness (QED) is 0.829. The zero-order valence-electron chi connectivity index (χ0n) is 15.0. The minimum absolute atomic E-state index is 0.0396. The number of anilines is 1. The van der Waals surface area contributed by atoms with Crippen molar-refractivity contribution in [3.05, 3.63) is 18.2 Å². The Kier molecular flexibility index (Phi) is 5.70. The van der Waals surface area contributed by atoms with Crippen LogP contribution < -0.4 is 14.4 Å². The summed E-state index contributed by atoms with van der Waals surface area (Å²) in [5.74, 6) is 1.44. The normalized spacial score (nSPS) is 18.1. The Labute approximate surface area is 143 Å². The molecule has 1 aromatic carbocycles. The summed E-state index contributed by atoms with van der Waals surface area (Å²) >= 11 is 0. The molecule has 0 unspecified atom stereocenters. The van der Waals surface area contributed by atoms with Crippen LogP contribution in [0.1, 0.15) is 27.2 Å². The maximum Gasteiger partial charge on any atom is 0.249 e. The van der Waals surface area contributed by atoms with Gasteiger partial charge in [-0.1, -0.05) is 13.8 Å². The third-order valence-corrected chi connectivity index (χ3v) is 4.24. The lowest BCUT2D eigenvalue weighted by molar-refractivity contribution is -0.141. The molecule has 6 nitrogen and oxygen atoms in total. The van der Waals surface area contributed by atoms with Crippen molar-refractivity contribution in [1.82, 2.24) is 4.90 Å². The van der Waals surface area contributed by atoms with Gasteiger partial charge in [0, 0.05) is 31.3 Å². The van der Waals surface area contributed by atoms with Crippen LogP contribution in [0.4, 0.5) is 5.69 Å². The molecule has 0 radical (unpaired) electrons. The second kappa shape index (κ2) is 7.55. The third-order valence-electron chi connectivity index (χ3n) is 4.24. The molecule has 6 heteroatoms. The first kappa shape index (κ1) is 18.1. The van der Waals surface area contributed by atoms with Crippen LogP contribution in [0.2, 0.25) is 0 Å². The van der Waals surface area contributed by atoms with Crippen LogP contribution in [0.3, 0.4) is 0 Å². The van der Waals surface area contributed by atoms with E-state index >= 15 is 0 Å². The average molecular weight is 334 g/mol. The number of amides is 2. The van der Waals surface area contributed by atoms with E-state index in [1.54, 1.807) is 43.1 Å². The molecule has 1 heterocycles. The lowest BCUT2D eigenvalue weighted by Crippen LogP contribution is -2.57. The summed E-state index contributed by atoms with van der Waals surface area (Å²) in [6.45, 7) is 6.80. The van der Waals surface area contributed by atoms with Crippen LogP contribution in [0.25, 0.3) is 0 Å².